The Morgan fingerprint density at radius 3 is 2.74 bits per heavy atom. The predicted octanol–water partition coefficient (Wildman–Crippen LogP) is 2.32. The van der Waals surface area contributed by atoms with E-state index in [9.17, 15) is 9.18 Å². The van der Waals surface area contributed by atoms with Gasteiger partial charge in [-0.1, -0.05) is 12.1 Å². The van der Waals surface area contributed by atoms with Crippen molar-refractivity contribution in [2.45, 2.75) is 6.10 Å². The van der Waals surface area contributed by atoms with Crippen LogP contribution in [0.2, 0.25) is 0 Å². The molecule has 3 rings (SSSR count). The van der Waals surface area contributed by atoms with E-state index in [2.05, 4.69) is 4.98 Å². The van der Waals surface area contributed by atoms with Crippen LogP contribution in [-0.2, 0) is 4.79 Å². The molecule has 2 heterocycles. The SMILES string of the molecule is CN1C(=O)C(c2ccc(F)cc2)Oc2cccnc21. The Labute approximate surface area is 109 Å². The van der Waals surface area contributed by atoms with Gasteiger partial charge in [0.05, 0.1) is 0 Å². The Morgan fingerprint density at radius 2 is 2.00 bits per heavy atom. The number of anilines is 1. The molecule has 0 fully saturated rings. The average molecular weight is 258 g/mol. The van der Waals surface area contributed by atoms with Gasteiger partial charge in [0.2, 0.25) is 6.10 Å². The number of halogens is 1. The second-order valence-corrected chi connectivity index (χ2v) is 4.27. The van der Waals surface area contributed by atoms with E-state index in [1.54, 1.807) is 37.5 Å². The molecule has 5 heteroatoms. The zero-order valence-corrected chi connectivity index (χ0v) is 10.2. The molecule has 0 aliphatic carbocycles. The van der Waals surface area contributed by atoms with E-state index < -0.39 is 6.10 Å². The van der Waals surface area contributed by atoms with Crippen LogP contribution < -0.4 is 9.64 Å². The number of nitrogens with zero attached hydrogens (tertiary/aromatic N) is 2. The lowest BCUT2D eigenvalue weighted by atomic mass is 10.1. The van der Waals surface area contributed by atoms with Crippen molar-refractivity contribution in [2.75, 3.05) is 11.9 Å². The smallest absolute Gasteiger partial charge is 0.273 e. The molecule has 96 valence electrons. The van der Waals surface area contributed by atoms with Crippen LogP contribution >= 0.6 is 0 Å². The van der Waals surface area contributed by atoms with Crippen molar-refractivity contribution in [3.05, 3.63) is 54.0 Å². The first-order valence-corrected chi connectivity index (χ1v) is 5.81. The monoisotopic (exact) mass is 258 g/mol. The molecule has 0 saturated carbocycles. The lowest BCUT2D eigenvalue weighted by Crippen LogP contribution is -2.38. The highest BCUT2D eigenvalue weighted by atomic mass is 19.1. The van der Waals surface area contributed by atoms with Gasteiger partial charge in [-0.05, 0) is 24.3 Å². The molecule has 0 radical (unpaired) electrons. The van der Waals surface area contributed by atoms with Crippen molar-refractivity contribution in [3.8, 4) is 5.75 Å². The first-order chi connectivity index (χ1) is 9.16. The molecule has 1 aromatic heterocycles. The highest BCUT2D eigenvalue weighted by molar-refractivity contribution is 5.99. The summed E-state index contributed by atoms with van der Waals surface area (Å²) in [6.07, 6.45) is 0.840. The van der Waals surface area contributed by atoms with Crippen LogP contribution in [0.4, 0.5) is 10.2 Å². The summed E-state index contributed by atoms with van der Waals surface area (Å²) in [5, 5.41) is 0. The summed E-state index contributed by atoms with van der Waals surface area (Å²) in [6.45, 7) is 0. The van der Waals surface area contributed by atoms with Crippen molar-refractivity contribution in [3.63, 3.8) is 0 Å². The molecule has 0 spiro atoms. The van der Waals surface area contributed by atoms with Crippen LogP contribution in [0.15, 0.2) is 42.6 Å². The number of carbonyl (C=O) groups is 1. The molecule has 0 bridgehead atoms. The first-order valence-electron chi connectivity index (χ1n) is 5.81. The van der Waals surface area contributed by atoms with E-state index in [0.717, 1.165) is 0 Å². The van der Waals surface area contributed by atoms with Crippen LogP contribution in [0.25, 0.3) is 0 Å². The number of hydrogen-bond donors (Lipinski definition) is 0. The molecule has 1 aliphatic heterocycles. The largest absolute Gasteiger partial charge is 0.472 e. The maximum absolute atomic E-state index is 12.9. The Morgan fingerprint density at radius 1 is 1.26 bits per heavy atom. The minimum atomic E-state index is -0.762. The topological polar surface area (TPSA) is 42.4 Å². The number of aromatic nitrogens is 1. The molecule has 1 aliphatic rings. The van der Waals surface area contributed by atoms with E-state index in [1.165, 1.54) is 17.0 Å². The van der Waals surface area contributed by atoms with Gasteiger partial charge in [-0.25, -0.2) is 9.37 Å². The van der Waals surface area contributed by atoms with Crippen molar-refractivity contribution in [2.24, 2.45) is 0 Å². The first kappa shape index (κ1) is 11.6. The zero-order valence-electron chi connectivity index (χ0n) is 10.2. The van der Waals surface area contributed by atoms with Gasteiger partial charge >= 0.3 is 0 Å². The van der Waals surface area contributed by atoms with Gasteiger partial charge in [0.15, 0.2) is 11.6 Å². The van der Waals surface area contributed by atoms with Crippen LogP contribution in [-0.4, -0.2) is 17.9 Å². The van der Waals surface area contributed by atoms with Gasteiger partial charge in [0.1, 0.15) is 5.82 Å². The van der Waals surface area contributed by atoms with E-state index in [4.69, 9.17) is 4.74 Å². The number of amides is 1. The van der Waals surface area contributed by atoms with Crippen LogP contribution in [0, 0.1) is 5.82 Å². The molecule has 1 amide bonds. The molecule has 1 aromatic carbocycles. The fraction of sp³-hybridized carbons (Fsp3) is 0.143. The van der Waals surface area contributed by atoms with E-state index in [-0.39, 0.29) is 11.7 Å². The minimum Gasteiger partial charge on any atom is -0.472 e. The normalized spacial score (nSPS) is 17.9. The molecule has 1 atom stereocenters. The Hall–Kier alpha value is -2.43. The second-order valence-electron chi connectivity index (χ2n) is 4.27. The van der Waals surface area contributed by atoms with Gasteiger partial charge in [-0.3, -0.25) is 9.69 Å². The van der Waals surface area contributed by atoms with Gasteiger partial charge < -0.3 is 4.74 Å². The van der Waals surface area contributed by atoms with Crippen LogP contribution in [0.1, 0.15) is 11.7 Å². The molecular weight excluding hydrogens is 247 g/mol. The molecule has 2 aromatic rings. The van der Waals surface area contributed by atoms with E-state index >= 15 is 0 Å². The summed E-state index contributed by atoms with van der Waals surface area (Å²) in [7, 11) is 1.65. The number of rotatable bonds is 1. The Bertz CT molecular complexity index is 628. The van der Waals surface area contributed by atoms with Crippen molar-refractivity contribution in [1.29, 1.82) is 0 Å². The average Bonchev–Trinajstić information content (AvgIpc) is 2.44. The van der Waals surface area contributed by atoms with E-state index in [1.807, 2.05) is 0 Å². The molecular formula is C14H11FN2O2. The molecule has 4 nitrogen and oxygen atoms in total. The third-order valence-corrected chi connectivity index (χ3v) is 3.04. The molecule has 0 saturated heterocycles. The van der Waals surface area contributed by atoms with Gasteiger partial charge in [-0.2, -0.15) is 0 Å². The third-order valence-electron chi connectivity index (χ3n) is 3.04. The number of pyridine rings is 1. The standard InChI is InChI=1S/C14H11FN2O2/c1-17-13-11(3-2-8-16-13)19-12(14(17)18)9-4-6-10(15)7-5-9/h2-8,12H,1H3. The van der Waals surface area contributed by atoms with Gasteiger partial charge in [0.25, 0.3) is 5.91 Å². The van der Waals surface area contributed by atoms with Gasteiger partial charge in [-0.15, -0.1) is 0 Å². The number of likely N-dealkylation sites (N-methyl/N-ethyl adjacent to an activating group) is 1. The lowest BCUT2D eigenvalue weighted by Gasteiger charge is -2.30. The summed E-state index contributed by atoms with van der Waals surface area (Å²) in [5.41, 5.74) is 0.618. The Kier molecular flexibility index (Phi) is 2.67. The maximum Gasteiger partial charge on any atom is 0.273 e. The van der Waals surface area contributed by atoms with E-state index in [0.29, 0.717) is 17.1 Å². The number of ether oxygens (including phenoxy) is 1. The number of fused-ring (bicyclic) bond motifs is 1. The van der Waals surface area contributed by atoms with Crippen LogP contribution in [0.3, 0.4) is 0 Å². The van der Waals surface area contributed by atoms with Crippen molar-refractivity contribution < 1.29 is 13.9 Å². The summed E-state index contributed by atoms with van der Waals surface area (Å²) < 4.78 is 18.6. The second kappa shape index (κ2) is 4.35. The lowest BCUT2D eigenvalue weighted by molar-refractivity contribution is -0.126. The highest BCUT2D eigenvalue weighted by Gasteiger charge is 2.34. The summed E-state index contributed by atoms with van der Waals surface area (Å²) >= 11 is 0. The number of benzene rings is 1. The number of hydrogen-bond acceptors (Lipinski definition) is 3. The van der Waals surface area contributed by atoms with Gasteiger partial charge in [0, 0.05) is 18.8 Å². The van der Waals surface area contributed by atoms with Crippen molar-refractivity contribution in [1.82, 2.24) is 4.98 Å². The molecule has 19 heavy (non-hydrogen) atoms. The highest BCUT2D eigenvalue weighted by Crippen LogP contribution is 2.35. The maximum atomic E-state index is 12.9. The minimum absolute atomic E-state index is 0.224. The molecule has 0 N–H and O–H groups in total. The molecule has 1 unspecified atom stereocenters. The summed E-state index contributed by atoms with van der Waals surface area (Å²) in [6, 6.07) is 9.21. The Balaban J connectivity index is 2.01. The predicted molar refractivity (Wildman–Crippen MR) is 67.4 cm³/mol. The van der Waals surface area contributed by atoms with Crippen molar-refractivity contribution >= 4 is 11.7 Å². The summed E-state index contributed by atoms with van der Waals surface area (Å²) in [5.74, 6) is 0.463. The fourth-order valence-electron chi connectivity index (χ4n) is 2.03. The zero-order chi connectivity index (χ0) is 13.4. The van der Waals surface area contributed by atoms with Crippen LogP contribution in [0.5, 0.6) is 5.75 Å². The fourth-order valence-corrected chi connectivity index (χ4v) is 2.03. The third kappa shape index (κ3) is 1.93. The summed E-state index contributed by atoms with van der Waals surface area (Å²) in [4.78, 5) is 17.8. The quantitative estimate of drug-likeness (QED) is 0.788. The number of carbonyl (C=O) groups excluding carboxylic acids is 1.